The lowest BCUT2D eigenvalue weighted by molar-refractivity contribution is 0.262. The van der Waals surface area contributed by atoms with Gasteiger partial charge in [-0.15, -0.1) is 0 Å². The van der Waals surface area contributed by atoms with Crippen molar-refractivity contribution in [2.75, 3.05) is 21.6 Å². The van der Waals surface area contributed by atoms with Crippen molar-refractivity contribution >= 4 is 54.1 Å². The van der Waals surface area contributed by atoms with Crippen LogP contribution in [0.3, 0.4) is 0 Å². The molecule has 0 aliphatic heterocycles. The Morgan fingerprint density at radius 2 is 1.88 bits per heavy atom. The number of carbonyl (C=O) groups excluding carboxylic acids is 1. The largest absolute Gasteiger partial charge is 0.323 e. The lowest BCUT2D eigenvalue weighted by Crippen LogP contribution is -2.20. The standard InChI is InChI=1S/C15H12F2N4O3S2/c1-26(23,24)21-15-20-11-5-3-9(7-13(11)25-15)18-14(22)19-12-6-8(16)2-4-10(12)17/h2-7H,1H3,(H,20,21)(H2,18,19,22). The summed E-state index contributed by atoms with van der Waals surface area (Å²) >= 11 is 1.09. The predicted molar refractivity (Wildman–Crippen MR) is 97.1 cm³/mol. The molecule has 0 atom stereocenters. The summed E-state index contributed by atoms with van der Waals surface area (Å²) in [4.78, 5) is 16.1. The number of hydrogen-bond donors (Lipinski definition) is 3. The van der Waals surface area contributed by atoms with E-state index in [1.54, 1.807) is 18.2 Å². The number of carbonyl (C=O) groups is 1. The predicted octanol–water partition coefficient (Wildman–Crippen LogP) is 3.59. The van der Waals surface area contributed by atoms with Crippen molar-refractivity contribution < 1.29 is 22.0 Å². The number of halogens is 2. The fourth-order valence-electron chi connectivity index (χ4n) is 2.08. The van der Waals surface area contributed by atoms with Crippen LogP contribution in [0.2, 0.25) is 0 Å². The van der Waals surface area contributed by atoms with Crippen LogP contribution >= 0.6 is 11.3 Å². The molecule has 3 N–H and O–H groups in total. The highest BCUT2D eigenvalue weighted by molar-refractivity contribution is 7.92. The quantitative estimate of drug-likeness (QED) is 0.625. The summed E-state index contributed by atoms with van der Waals surface area (Å²) in [6, 6.07) is 6.69. The number of hydrogen-bond acceptors (Lipinski definition) is 5. The van der Waals surface area contributed by atoms with Crippen LogP contribution in [0.1, 0.15) is 0 Å². The van der Waals surface area contributed by atoms with Crippen molar-refractivity contribution in [2.24, 2.45) is 0 Å². The number of aromatic nitrogens is 1. The van der Waals surface area contributed by atoms with Gasteiger partial charge >= 0.3 is 6.03 Å². The average Bonchev–Trinajstić information content (AvgIpc) is 2.90. The van der Waals surface area contributed by atoms with Gasteiger partial charge in [-0.05, 0) is 30.3 Å². The Balaban J connectivity index is 1.76. The number of anilines is 3. The summed E-state index contributed by atoms with van der Waals surface area (Å²) < 4.78 is 52.1. The number of fused-ring (bicyclic) bond motifs is 1. The number of rotatable bonds is 4. The minimum absolute atomic E-state index is 0.200. The fourth-order valence-corrected chi connectivity index (χ4v) is 3.82. The molecule has 0 bridgehead atoms. The second-order valence-electron chi connectivity index (χ2n) is 5.28. The molecule has 11 heteroatoms. The third kappa shape index (κ3) is 4.43. The molecule has 7 nitrogen and oxygen atoms in total. The van der Waals surface area contributed by atoms with E-state index >= 15 is 0 Å². The first-order chi connectivity index (χ1) is 12.2. The second kappa shape index (κ2) is 6.84. The third-order valence-corrected chi connectivity index (χ3v) is 4.72. The number of thiazole rings is 1. The van der Waals surface area contributed by atoms with Crippen LogP contribution in [-0.2, 0) is 10.0 Å². The number of nitrogens with one attached hydrogen (secondary N) is 3. The zero-order valence-corrected chi connectivity index (χ0v) is 14.8. The molecule has 0 spiro atoms. The summed E-state index contributed by atoms with van der Waals surface area (Å²) in [6.07, 6.45) is 1.02. The molecule has 1 heterocycles. The van der Waals surface area contributed by atoms with Gasteiger partial charge in [0.05, 0.1) is 22.2 Å². The minimum Gasteiger partial charge on any atom is -0.308 e. The molecule has 0 radical (unpaired) electrons. The van der Waals surface area contributed by atoms with Gasteiger partial charge in [0.1, 0.15) is 11.6 Å². The maximum atomic E-state index is 13.5. The molecule has 0 aliphatic carbocycles. The Kier molecular flexibility index (Phi) is 4.74. The molecule has 2 aromatic carbocycles. The van der Waals surface area contributed by atoms with Gasteiger partial charge in [-0.2, -0.15) is 0 Å². The van der Waals surface area contributed by atoms with E-state index in [-0.39, 0.29) is 10.8 Å². The molecule has 0 unspecified atom stereocenters. The van der Waals surface area contributed by atoms with Gasteiger partial charge in [0.15, 0.2) is 5.13 Å². The smallest absolute Gasteiger partial charge is 0.308 e. The maximum Gasteiger partial charge on any atom is 0.323 e. The molecule has 3 aromatic rings. The van der Waals surface area contributed by atoms with Gasteiger partial charge in [-0.1, -0.05) is 11.3 Å². The van der Waals surface area contributed by atoms with Crippen LogP contribution in [0.25, 0.3) is 10.2 Å². The van der Waals surface area contributed by atoms with Crippen LogP contribution in [0, 0.1) is 11.6 Å². The van der Waals surface area contributed by atoms with Crippen molar-refractivity contribution in [1.29, 1.82) is 0 Å². The SMILES string of the molecule is CS(=O)(=O)Nc1nc2ccc(NC(=O)Nc3cc(F)ccc3F)cc2s1. The Bertz CT molecular complexity index is 1100. The zero-order valence-electron chi connectivity index (χ0n) is 13.2. The molecule has 0 aliphatic rings. The number of sulfonamides is 1. The molecule has 136 valence electrons. The van der Waals surface area contributed by atoms with Crippen molar-refractivity contribution in [2.45, 2.75) is 0 Å². The molecule has 3 rings (SSSR count). The number of urea groups is 1. The first-order valence-corrected chi connectivity index (χ1v) is 9.82. The molecule has 2 amide bonds. The van der Waals surface area contributed by atoms with Gasteiger partial charge in [0, 0.05) is 11.8 Å². The second-order valence-corrected chi connectivity index (χ2v) is 8.06. The van der Waals surface area contributed by atoms with Crippen LogP contribution < -0.4 is 15.4 Å². The lowest BCUT2D eigenvalue weighted by atomic mass is 10.3. The first kappa shape index (κ1) is 18.0. The number of benzene rings is 2. The molecule has 1 aromatic heterocycles. The van der Waals surface area contributed by atoms with Crippen molar-refractivity contribution in [3.05, 3.63) is 48.0 Å². The van der Waals surface area contributed by atoms with Crippen LogP contribution in [0.15, 0.2) is 36.4 Å². The zero-order chi connectivity index (χ0) is 18.9. The topological polar surface area (TPSA) is 100 Å². The van der Waals surface area contributed by atoms with Gasteiger partial charge in [0.2, 0.25) is 10.0 Å². The van der Waals surface area contributed by atoms with E-state index in [0.717, 1.165) is 35.8 Å². The normalized spacial score (nSPS) is 11.3. The third-order valence-electron chi connectivity index (χ3n) is 3.10. The lowest BCUT2D eigenvalue weighted by Gasteiger charge is -2.08. The highest BCUT2D eigenvalue weighted by Crippen LogP contribution is 2.29. The van der Waals surface area contributed by atoms with E-state index in [2.05, 4.69) is 20.3 Å². The van der Waals surface area contributed by atoms with E-state index in [1.807, 2.05) is 0 Å². The van der Waals surface area contributed by atoms with Gasteiger partial charge in [-0.25, -0.2) is 27.0 Å². The highest BCUT2D eigenvalue weighted by Gasteiger charge is 2.11. The van der Waals surface area contributed by atoms with Crippen LogP contribution in [-0.4, -0.2) is 25.7 Å². The minimum atomic E-state index is -3.44. The maximum absolute atomic E-state index is 13.5. The van der Waals surface area contributed by atoms with Gasteiger partial charge < -0.3 is 10.6 Å². The van der Waals surface area contributed by atoms with Crippen LogP contribution in [0.5, 0.6) is 0 Å². The van der Waals surface area contributed by atoms with E-state index < -0.39 is 27.7 Å². The Hall–Kier alpha value is -2.79. The van der Waals surface area contributed by atoms with Crippen molar-refractivity contribution in [3.8, 4) is 0 Å². The van der Waals surface area contributed by atoms with Gasteiger partial charge in [-0.3, -0.25) is 4.72 Å². The van der Waals surface area contributed by atoms with E-state index in [9.17, 15) is 22.0 Å². The molecular weight excluding hydrogens is 386 g/mol. The Morgan fingerprint density at radius 3 is 2.62 bits per heavy atom. The van der Waals surface area contributed by atoms with E-state index in [4.69, 9.17) is 0 Å². The Labute approximate surface area is 151 Å². The fraction of sp³-hybridized carbons (Fsp3) is 0.0667. The molecule has 0 fully saturated rings. The van der Waals surface area contributed by atoms with Gasteiger partial charge in [0.25, 0.3) is 0 Å². The first-order valence-electron chi connectivity index (χ1n) is 7.11. The average molecular weight is 398 g/mol. The van der Waals surface area contributed by atoms with Crippen molar-refractivity contribution in [1.82, 2.24) is 4.98 Å². The summed E-state index contributed by atoms with van der Waals surface area (Å²) in [7, 11) is -3.44. The number of amides is 2. The molecular formula is C15H12F2N4O3S2. The summed E-state index contributed by atoms with van der Waals surface area (Å²) in [6.45, 7) is 0. The molecule has 0 saturated heterocycles. The molecule has 0 saturated carbocycles. The Morgan fingerprint density at radius 1 is 1.12 bits per heavy atom. The number of nitrogens with zero attached hydrogens (tertiary/aromatic N) is 1. The summed E-state index contributed by atoms with van der Waals surface area (Å²) in [5.74, 6) is -1.45. The molecule has 26 heavy (non-hydrogen) atoms. The summed E-state index contributed by atoms with van der Waals surface area (Å²) in [5, 5.41) is 4.90. The highest BCUT2D eigenvalue weighted by atomic mass is 32.2. The van der Waals surface area contributed by atoms with E-state index in [1.165, 1.54) is 0 Å². The van der Waals surface area contributed by atoms with E-state index in [0.29, 0.717) is 15.9 Å². The van der Waals surface area contributed by atoms with Crippen LogP contribution in [0.4, 0.5) is 30.1 Å². The van der Waals surface area contributed by atoms with Crippen molar-refractivity contribution in [3.63, 3.8) is 0 Å². The monoisotopic (exact) mass is 398 g/mol. The summed E-state index contributed by atoms with van der Waals surface area (Å²) in [5.41, 5.74) is 0.630.